The quantitative estimate of drug-likeness (QED) is 0.238. The lowest BCUT2D eigenvalue weighted by Crippen LogP contribution is -2.45. The standard InChI is InChI=1S/C16H20BrNO2.C12H15BBrNO2.C12H13BrO.3H2S/c1-16(2,3)15(20)18-13(8-9-14(18)19)10-11-4-6-12(17)7-5-11;1-13(17)15-11(6-7-12(15)16)8-9-2-4-10(14)5-3-9;13-11-4-1-9(2-5-11)7-10-3-6-12(14)8-10;;;/h4-7,13H,8-10H2,1-3H3;2-5,11,17H,6-8H2,1H3;1-2,4-5,10H,3,6-8H2;3*1H2/t13-;11-;10-;;;/m000.../s1. The molecule has 7 nitrogen and oxygen atoms in total. The monoisotopic (exact) mass is 986 g/mol. The number of hydrogen-bond acceptors (Lipinski definition) is 5. The third-order valence-corrected chi connectivity index (χ3v) is 11.1. The Bertz CT molecular complexity index is 1660. The summed E-state index contributed by atoms with van der Waals surface area (Å²) < 4.78 is 3.20. The molecular weight excluding hydrogens is 935 g/mol. The van der Waals surface area contributed by atoms with Crippen LogP contribution in [0.3, 0.4) is 0 Å². The number of rotatable bonds is 7. The fourth-order valence-electron chi connectivity index (χ4n) is 6.86. The average Bonchev–Trinajstić information content (AvgIpc) is 3.77. The highest BCUT2D eigenvalue weighted by atomic mass is 79.9. The first-order valence-corrected chi connectivity index (χ1v) is 20.1. The lowest BCUT2D eigenvalue weighted by atomic mass is 9.83. The zero-order chi connectivity index (χ0) is 37.3. The van der Waals surface area contributed by atoms with Gasteiger partial charge in [0.2, 0.25) is 17.7 Å². The van der Waals surface area contributed by atoms with Gasteiger partial charge in [-0.1, -0.05) is 105 Å². The third kappa shape index (κ3) is 15.4. The Morgan fingerprint density at radius 3 is 1.48 bits per heavy atom. The van der Waals surface area contributed by atoms with E-state index in [0.717, 1.165) is 70.3 Å². The molecule has 2 aliphatic heterocycles. The number of nitrogens with zero attached hydrogens (tertiary/aromatic N) is 2. The molecule has 3 aromatic carbocycles. The van der Waals surface area contributed by atoms with Crippen LogP contribution in [0.5, 0.6) is 0 Å². The molecule has 2 saturated heterocycles. The van der Waals surface area contributed by atoms with Crippen molar-refractivity contribution in [2.45, 2.75) is 104 Å². The minimum absolute atomic E-state index is 0. The minimum Gasteiger partial charge on any atom is -0.432 e. The Morgan fingerprint density at radius 2 is 1.07 bits per heavy atom. The molecule has 6 rings (SSSR count). The summed E-state index contributed by atoms with van der Waals surface area (Å²) in [6.07, 6.45) is 7.88. The van der Waals surface area contributed by atoms with Crippen molar-refractivity contribution >= 4 is 119 Å². The summed E-state index contributed by atoms with van der Waals surface area (Å²) in [5, 5.41) is 9.61. The van der Waals surface area contributed by atoms with Gasteiger partial charge in [-0.15, -0.1) is 0 Å². The van der Waals surface area contributed by atoms with E-state index in [9.17, 15) is 24.2 Å². The van der Waals surface area contributed by atoms with Crippen molar-refractivity contribution in [3.8, 4) is 0 Å². The molecule has 0 spiro atoms. The highest BCUT2D eigenvalue weighted by molar-refractivity contribution is 9.11. The second kappa shape index (κ2) is 23.6. The number of carbonyl (C=O) groups excluding carboxylic acids is 4. The van der Waals surface area contributed by atoms with Crippen LogP contribution in [0, 0.1) is 11.3 Å². The largest absolute Gasteiger partial charge is 0.432 e. The summed E-state index contributed by atoms with van der Waals surface area (Å²) >= 11 is 10.2. The number of amides is 3. The van der Waals surface area contributed by atoms with Gasteiger partial charge in [-0.05, 0) is 104 Å². The van der Waals surface area contributed by atoms with E-state index in [0.29, 0.717) is 24.5 Å². The zero-order valence-electron chi connectivity index (χ0n) is 31.4. The van der Waals surface area contributed by atoms with Crippen LogP contribution in [-0.4, -0.2) is 57.4 Å². The smallest absolute Gasteiger partial charge is 0.411 e. The number of halogens is 3. The number of carbonyl (C=O) groups is 4. The van der Waals surface area contributed by atoms with E-state index in [1.165, 1.54) is 16.0 Å². The molecule has 0 radical (unpaired) electrons. The van der Waals surface area contributed by atoms with E-state index in [-0.39, 0.29) is 70.3 Å². The number of Topliss-reactive ketones (excluding diaryl/α,β-unsaturated/α-hetero) is 1. The number of likely N-dealkylation sites (tertiary alicyclic amines) is 1. The van der Waals surface area contributed by atoms with Crippen molar-refractivity contribution in [1.82, 2.24) is 9.71 Å². The Kier molecular flexibility index (Phi) is 22.1. The first kappa shape index (κ1) is 50.5. The van der Waals surface area contributed by atoms with E-state index in [1.807, 2.05) is 69.3 Å². The van der Waals surface area contributed by atoms with E-state index in [2.05, 4.69) is 72.1 Å². The molecule has 1 saturated carbocycles. The fourth-order valence-corrected chi connectivity index (χ4v) is 7.65. The first-order chi connectivity index (χ1) is 24.1. The molecule has 0 unspecified atom stereocenters. The number of ketones is 1. The number of hydrogen-bond donors (Lipinski definition) is 1. The van der Waals surface area contributed by atoms with Gasteiger partial charge in [-0.25, -0.2) is 0 Å². The molecule has 2 heterocycles. The Labute approximate surface area is 368 Å². The lowest BCUT2D eigenvalue weighted by molar-refractivity contribution is -0.149. The maximum atomic E-state index is 12.4. The van der Waals surface area contributed by atoms with Crippen molar-refractivity contribution in [3.63, 3.8) is 0 Å². The molecule has 54 heavy (non-hydrogen) atoms. The first-order valence-electron chi connectivity index (χ1n) is 17.7. The number of benzene rings is 3. The van der Waals surface area contributed by atoms with Gasteiger partial charge in [0.05, 0.1) is 0 Å². The molecule has 14 heteroatoms. The van der Waals surface area contributed by atoms with Crippen molar-refractivity contribution in [1.29, 1.82) is 0 Å². The zero-order valence-corrected chi connectivity index (χ0v) is 39.2. The van der Waals surface area contributed by atoms with Gasteiger partial charge in [0.15, 0.2) is 0 Å². The minimum atomic E-state index is -0.689. The molecule has 3 aromatic rings. The molecule has 3 aliphatic rings. The van der Waals surface area contributed by atoms with Gasteiger partial charge in [0.25, 0.3) is 0 Å². The van der Waals surface area contributed by atoms with Gasteiger partial charge in [0.1, 0.15) is 5.78 Å². The predicted octanol–water partition coefficient (Wildman–Crippen LogP) is 9.35. The highest BCUT2D eigenvalue weighted by Crippen LogP contribution is 2.29. The summed E-state index contributed by atoms with van der Waals surface area (Å²) in [4.78, 5) is 50.3. The maximum Gasteiger partial charge on any atom is 0.411 e. The van der Waals surface area contributed by atoms with Crippen LogP contribution in [-0.2, 0) is 38.4 Å². The second-order valence-corrected chi connectivity index (χ2v) is 17.5. The molecule has 0 aromatic heterocycles. The fraction of sp³-hybridized carbons (Fsp3) is 0.450. The predicted molar refractivity (Wildman–Crippen MR) is 245 cm³/mol. The van der Waals surface area contributed by atoms with Crippen LogP contribution in [0.4, 0.5) is 0 Å². The van der Waals surface area contributed by atoms with E-state index in [4.69, 9.17) is 0 Å². The molecule has 0 bridgehead atoms. The van der Waals surface area contributed by atoms with Gasteiger partial charge >= 0.3 is 7.05 Å². The molecule has 3 amide bonds. The average molecular weight is 990 g/mol. The van der Waals surface area contributed by atoms with Crippen LogP contribution < -0.4 is 0 Å². The van der Waals surface area contributed by atoms with Crippen molar-refractivity contribution in [2.75, 3.05) is 0 Å². The van der Waals surface area contributed by atoms with Gasteiger partial charge < -0.3 is 9.83 Å². The van der Waals surface area contributed by atoms with Crippen molar-refractivity contribution in [3.05, 3.63) is 103 Å². The van der Waals surface area contributed by atoms with E-state index < -0.39 is 12.5 Å². The van der Waals surface area contributed by atoms with Gasteiger partial charge in [0, 0.05) is 56.6 Å². The van der Waals surface area contributed by atoms with Crippen LogP contribution in [0.2, 0.25) is 6.82 Å². The molecular formula is C40H54BBr3N2O5S3. The second-order valence-electron chi connectivity index (χ2n) is 14.8. The van der Waals surface area contributed by atoms with Crippen LogP contribution in [0.15, 0.2) is 86.2 Å². The number of imide groups is 1. The Morgan fingerprint density at radius 1 is 0.667 bits per heavy atom. The summed E-state index contributed by atoms with van der Waals surface area (Å²) in [5.74, 6) is 0.979. The molecule has 3 fully saturated rings. The maximum absolute atomic E-state index is 12.4. The third-order valence-electron chi connectivity index (χ3n) is 9.52. The Balaban J connectivity index is 0.000000399. The SMILES string of the molecule is CB(O)N1C(=O)CC[C@H]1Cc1ccc(Br)cc1.CC(C)(C)C(=O)N1C(=O)CC[C@H]1Cc1ccc(Br)cc1.O=C1CC[C@@H](Cc2ccc(Br)cc2)C1.S.S.S. The van der Waals surface area contributed by atoms with Crippen molar-refractivity contribution in [2.24, 2.45) is 11.3 Å². The van der Waals surface area contributed by atoms with Crippen LogP contribution in [0.25, 0.3) is 0 Å². The molecule has 1 N–H and O–H groups in total. The van der Waals surface area contributed by atoms with E-state index in [1.54, 1.807) is 11.6 Å². The summed E-state index contributed by atoms with van der Waals surface area (Å²) in [5.41, 5.74) is 3.17. The normalized spacial score (nSPS) is 19.0. The van der Waals surface area contributed by atoms with Gasteiger partial charge in [-0.3, -0.25) is 24.1 Å². The molecule has 296 valence electrons. The van der Waals surface area contributed by atoms with Gasteiger partial charge in [-0.2, -0.15) is 40.5 Å². The summed E-state index contributed by atoms with van der Waals surface area (Å²) in [6.45, 7) is 7.23. The van der Waals surface area contributed by atoms with E-state index >= 15 is 0 Å². The summed E-state index contributed by atoms with van der Waals surface area (Å²) in [6, 6.07) is 24.7. The highest BCUT2D eigenvalue weighted by Gasteiger charge is 2.40. The topological polar surface area (TPSA) is 95.0 Å². The molecule has 3 atom stereocenters. The van der Waals surface area contributed by atoms with Crippen molar-refractivity contribution < 1.29 is 24.2 Å². The lowest BCUT2D eigenvalue weighted by Gasteiger charge is -2.29. The van der Waals surface area contributed by atoms with Crippen LogP contribution in [0.1, 0.15) is 82.4 Å². The Hall–Kier alpha value is -1.55. The van der Waals surface area contributed by atoms with Crippen LogP contribution >= 0.6 is 88.3 Å². The molecule has 1 aliphatic carbocycles. The summed E-state index contributed by atoms with van der Waals surface area (Å²) in [7, 11) is -0.689.